The lowest BCUT2D eigenvalue weighted by atomic mass is 10.1. The van der Waals surface area contributed by atoms with E-state index in [0.717, 1.165) is 13.0 Å². The maximum absolute atomic E-state index is 12.8. The van der Waals surface area contributed by atoms with Gasteiger partial charge in [-0.05, 0) is 13.0 Å². The third-order valence-corrected chi connectivity index (χ3v) is 3.43. The summed E-state index contributed by atoms with van der Waals surface area (Å²) in [4.78, 5) is 8.02. The van der Waals surface area contributed by atoms with Crippen molar-refractivity contribution in [3.05, 3.63) is 33.4 Å². The summed E-state index contributed by atoms with van der Waals surface area (Å²) in [6.45, 7) is 1.07. The monoisotopic (exact) mass is 303 g/mol. The number of halogens is 4. The van der Waals surface area contributed by atoms with Crippen LogP contribution in [-0.4, -0.2) is 13.3 Å². The first-order valence-electron chi connectivity index (χ1n) is 4.26. The average molecular weight is 304 g/mol. The zero-order valence-corrected chi connectivity index (χ0v) is 10.2. The average Bonchev–Trinajstić information content (AvgIpc) is 2.12. The normalized spacial score (nSPS) is 12.5. The number of nitrogens with zero attached hydrogens (tertiary/aromatic N) is 1. The van der Waals surface area contributed by atoms with Crippen LogP contribution in [0.5, 0.6) is 0 Å². The van der Waals surface area contributed by atoms with E-state index in [-0.39, 0.29) is 5.56 Å². The van der Waals surface area contributed by atoms with E-state index in [4.69, 9.17) is 10.7 Å². The highest BCUT2D eigenvalue weighted by Crippen LogP contribution is 2.42. The molecule has 0 atom stereocenters. The molecule has 0 spiro atoms. The predicted molar refractivity (Wildman–Crippen MR) is 55.9 cm³/mol. The van der Waals surface area contributed by atoms with Crippen LogP contribution in [0.3, 0.4) is 0 Å². The first-order valence-corrected chi connectivity index (χ1v) is 6.57. The van der Waals surface area contributed by atoms with Gasteiger partial charge in [-0.3, -0.25) is 10.1 Å². The Morgan fingerprint density at radius 3 is 2.17 bits per heavy atom. The molecule has 0 saturated heterocycles. The molecule has 0 radical (unpaired) electrons. The van der Waals surface area contributed by atoms with Gasteiger partial charge in [-0.25, -0.2) is 8.42 Å². The lowest BCUT2D eigenvalue weighted by molar-refractivity contribution is -0.388. The van der Waals surface area contributed by atoms with Crippen LogP contribution < -0.4 is 0 Å². The van der Waals surface area contributed by atoms with E-state index in [9.17, 15) is 31.7 Å². The Morgan fingerprint density at radius 1 is 1.33 bits per heavy atom. The standard InChI is InChI=1S/C8H5ClF3NO4S/c1-4-2-3-5(18(9,16)17)6(8(10,11)12)7(4)13(14)15/h2-3H,1H3. The number of hydrogen-bond donors (Lipinski definition) is 0. The van der Waals surface area contributed by atoms with Crippen molar-refractivity contribution in [2.75, 3.05) is 0 Å². The quantitative estimate of drug-likeness (QED) is 0.478. The van der Waals surface area contributed by atoms with Gasteiger partial charge in [-0.1, -0.05) is 6.07 Å². The Bertz CT molecular complexity index is 612. The minimum Gasteiger partial charge on any atom is -0.258 e. The molecular weight excluding hydrogens is 299 g/mol. The molecule has 0 aliphatic heterocycles. The van der Waals surface area contributed by atoms with Crippen molar-refractivity contribution in [2.24, 2.45) is 0 Å². The molecule has 18 heavy (non-hydrogen) atoms. The molecule has 0 bridgehead atoms. The zero-order chi connectivity index (χ0) is 14.3. The van der Waals surface area contributed by atoms with Gasteiger partial charge in [0.2, 0.25) is 0 Å². The second kappa shape index (κ2) is 4.39. The van der Waals surface area contributed by atoms with Crippen LogP contribution in [0.4, 0.5) is 18.9 Å². The fourth-order valence-corrected chi connectivity index (χ4v) is 2.46. The fourth-order valence-electron chi connectivity index (χ4n) is 1.39. The van der Waals surface area contributed by atoms with Crippen LogP contribution in [0.15, 0.2) is 17.0 Å². The molecular formula is C8H5ClF3NO4S. The largest absolute Gasteiger partial charge is 0.424 e. The number of rotatable bonds is 2. The van der Waals surface area contributed by atoms with Gasteiger partial charge in [-0.2, -0.15) is 13.2 Å². The third-order valence-electron chi connectivity index (χ3n) is 2.07. The van der Waals surface area contributed by atoms with Crippen LogP contribution in [0.25, 0.3) is 0 Å². The van der Waals surface area contributed by atoms with Crippen molar-refractivity contribution in [3.8, 4) is 0 Å². The van der Waals surface area contributed by atoms with E-state index in [1.165, 1.54) is 0 Å². The Balaban J connectivity index is 3.90. The Labute approximate surface area is 104 Å². The highest BCUT2D eigenvalue weighted by atomic mass is 35.7. The molecule has 0 fully saturated rings. The van der Waals surface area contributed by atoms with Gasteiger partial charge in [0.1, 0.15) is 4.90 Å². The summed E-state index contributed by atoms with van der Waals surface area (Å²) in [6.07, 6.45) is -5.20. The second-order valence-corrected chi connectivity index (χ2v) is 5.83. The van der Waals surface area contributed by atoms with E-state index in [2.05, 4.69) is 0 Å². The van der Waals surface area contributed by atoms with Crippen LogP contribution in [0.1, 0.15) is 11.1 Å². The van der Waals surface area contributed by atoms with Crippen molar-refractivity contribution < 1.29 is 26.5 Å². The van der Waals surface area contributed by atoms with Crippen LogP contribution in [0, 0.1) is 17.0 Å². The SMILES string of the molecule is Cc1ccc(S(=O)(=O)Cl)c(C(F)(F)F)c1[N+](=O)[O-]. The maximum Gasteiger partial charge on any atom is 0.424 e. The van der Waals surface area contributed by atoms with E-state index in [1.807, 2.05) is 0 Å². The van der Waals surface area contributed by atoms with Crippen LogP contribution >= 0.6 is 10.7 Å². The minimum atomic E-state index is -5.20. The van der Waals surface area contributed by atoms with E-state index >= 15 is 0 Å². The molecule has 0 saturated carbocycles. The number of alkyl halides is 3. The summed E-state index contributed by atoms with van der Waals surface area (Å²) < 4.78 is 60.3. The number of nitro benzene ring substituents is 1. The van der Waals surface area contributed by atoms with Gasteiger partial charge < -0.3 is 0 Å². The molecule has 100 valence electrons. The number of hydrogen-bond acceptors (Lipinski definition) is 4. The zero-order valence-electron chi connectivity index (χ0n) is 8.66. The molecule has 1 aromatic carbocycles. The van der Waals surface area contributed by atoms with Crippen LogP contribution in [0.2, 0.25) is 0 Å². The fraction of sp³-hybridized carbons (Fsp3) is 0.250. The van der Waals surface area contributed by atoms with Crippen molar-refractivity contribution in [2.45, 2.75) is 18.0 Å². The topological polar surface area (TPSA) is 77.3 Å². The summed E-state index contributed by atoms with van der Waals surface area (Å²) >= 11 is 0. The first-order chi connectivity index (χ1) is 7.96. The molecule has 0 aliphatic rings. The molecule has 1 aromatic rings. The molecule has 5 nitrogen and oxygen atoms in total. The summed E-state index contributed by atoms with van der Waals surface area (Å²) in [5.41, 5.74) is -3.48. The third kappa shape index (κ3) is 2.72. The lowest BCUT2D eigenvalue weighted by Gasteiger charge is -2.12. The Kier molecular flexibility index (Phi) is 3.59. The van der Waals surface area contributed by atoms with Crippen molar-refractivity contribution in [3.63, 3.8) is 0 Å². The Hall–Kier alpha value is -1.35. The first kappa shape index (κ1) is 14.7. The number of aryl methyl sites for hydroxylation is 1. The molecule has 0 N–H and O–H groups in total. The van der Waals surface area contributed by atoms with Crippen molar-refractivity contribution in [1.82, 2.24) is 0 Å². The van der Waals surface area contributed by atoms with E-state index in [1.54, 1.807) is 0 Å². The van der Waals surface area contributed by atoms with Crippen molar-refractivity contribution >= 4 is 25.4 Å². The van der Waals surface area contributed by atoms with Gasteiger partial charge >= 0.3 is 6.18 Å². The molecule has 1 rings (SSSR count). The van der Waals surface area contributed by atoms with Crippen LogP contribution in [-0.2, 0) is 15.2 Å². The molecule has 0 aliphatic carbocycles. The second-order valence-electron chi connectivity index (χ2n) is 3.30. The van der Waals surface area contributed by atoms with Gasteiger partial charge in [-0.15, -0.1) is 0 Å². The smallest absolute Gasteiger partial charge is 0.258 e. The summed E-state index contributed by atoms with van der Waals surface area (Å²) in [6, 6.07) is 1.48. The molecule has 10 heteroatoms. The molecule has 0 heterocycles. The van der Waals surface area contributed by atoms with Gasteiger partial charge in [0.05, 0.1) is 4.92 Å². The molecule has 0 aromatic heterocycles. The maximum atomic E-state index is 12.8. The highest BCUT2D eigenvalue weighted by Gasteiger charge is 2.44. The van der Waals surface area contributed by atoms with Gasteiger partial charge in [0, 0.05) is 16.2 Å². The van der Waals surface area contributed by atoms with Gasteiger partial charge in [0.25, 0.3) is 14.7 Å². The van der Waals surface area contributed by atoms with Gasteiger partial charge in [0.15, 0.2) is 5.56 Å². The lowest BCUT2D eigenvalue weighted by Crippen LogP contribution is -2.14. The highest BCUT2D eigenvalue weighted by molar-refractivity contribution is 8.13. The summed E-state index contributed by atoms with van der Waals surface area (Å²) in [5.74, 6) is 0. The van der Waals surface area contributed by atoms with E-state index in [0.29, 0.717) is 6.07 Å². The minimum absolute atomic E-state index is 0.309. The Morgan fingerprint density at radius 2 is 1.83 bits per heavy atom. The summed E-state index contributed by atoms with van der Waals surface area (Å²) in [5, 5.41) is 10.6. The number of benzene rings is 1. The number of nitro groups is 1. The van der Waals surface area contributed by atoms with E-state index < -0.39 is 36.3 Å². The summed E-state index contributed by atoms with van der Waals surface area (Å²) in [7, 11) is 0.107. The molecule has 0 amide bonds. The van der Waals surface area contributed by atoms with Crippen molar-refractivity contribution in [1.29, 1.82) is 0 Å². The predicted octanol–water partition coefficient (Wildman–Crippen LogP) is 2.85. The molecule has 0 unspecified atom stereocenters.